The Labute approximate surface area is 96.9 Å². The van der Waals surface area contributed by atoms with Gasteiger partial charge in [0.1, 0.15) is 6.04 Å². The van der Waals surface area contributed by atoms with Crippen molar-refractivity contribution in [1.29, 1.82) is 0 Å². The Morgan fingerprint density at radius 3 is 2.94 bits per heavy atom. The number of hydrogen-bond acceptors (Lipinski definition) is 4. The summed E-state index contributed by atoms with van der Waals surface area (Å²) in [6, 6.07) is -0.674. The van der Waals surface area contributed by atoms with Crippen LogP contribution in [0.3, 0.4) is 0 Å². The third kappa shape index (κ3) is 1.80. The van der Waals surface area contributed by atoms with E-state index in [0.29, 0.717) is 24.2 Å². The van der Waals surface area contributed by atoms with E-state index in [1.165, 1.54) is 16.4 Å². The summed E-state index contributed by atoms with van der Waals surface area (Å²) in [7, 11) is 0. The first-order valence-electron chi connectivity index (χ1n) is 5.06. The smallest absolute Gasteiger partial charge is 0.326 e. The lowest BCUT2D eigenvalue weighted by atomic mass is 10.2. The molecule has 0 bridgehead atoms. The van der Waals surface area contributed by atoms with Crippen LogP contribution in [-0.4, -0.2) is 38.8 Å². The number of aromatic nitrogens is 1. The van der Waals surface area contributed by atoms with Crippen LogP contribution in [0.2, 0.25) is 0 Å². The highest BCUT2D eigenvalue weighted by molar-refractivity contribution is 7.03. The first-order chi connectivity index (χ1) is 7.61. The number of likely N-dealkylation sites (tertiary alicyclic amines) is 1. The molecule has 1 atom stereocenters. The van der Waals surface area contributed by atoms with E-state index in [0.717, 1.165) is 6.42 Å². The molecule has 0 radical (unpaired) electrons. The topological polar surface area (TPSA) is 70.5 Å². The Hall–Kier alpha value is -1.43. The van der Waals surface area contributed by atoms with Gasteiger partial charge in [-0.15, -0.1) is 0 Å². The fraction of sp³-hybridized carbons (Fsp3) is 0.500. The molecule has 2 heterocycles. The molecule has 1 N–H and O–H groups in total. The molecule has 1 aromatic heterocycles. The van der Waals surface area contributed by atoms with Crippen LogP contribution in [0.25, 0.3) is 0 Å². The molecule has 86 valence electrons. The molecule has 1 aliphatic heterocycles. The van der Waals surface area contributed by atoms with E-state index in [2.05, 4.69) is 4.37 Å². The molecule has 2 rings (SSSR count). The molecular formula is C10H12N2O3S. The number of carbonyl (C=O) groups is 2. The third-order valence-electron chi connectivity index (χ3n) is 2.78. The van der Waals surface area contributed by atoms with E-state index >= 15 is 0 Å². The van der Waals surface area contributed by atoms with Crippen LogP contribution in [-0.2, 0) is 4.79 Å². The van der Waals surface area contributed by atoms with E-state index in [9.17, 15) is 9.59 Å². The van der Waals surface area contributed by atoms with Gasteiger partial charge in [0.25, 0.3) is 5.91 Å². The zero-order valence-electron chi connectivity index (χ0n) is 8.84. The fourth-order valence-corrected chi connectivity index (χ4v) is 2.60. The molecule has 1 amide bonds. The highest BCUT2D eigenvalue weighted by atomic mass is 32.1. The Balaban J connectivity index is 2.22. The molecule has 1 unspecified atom stereocenters. The minimum atomic E-state index is -0.924. The molecule has 1 aromatic rings. The van der Waals surface area contributed by atoms with Crippen molar-refractivity contribution in [3.8, 4) is 0 Å². The van der Waals surface area contributed by atoms with Crippen molar-refractivity contribution in [3.05, 3.63) is 16.6 Å². The number of nitrogens with zero attached hydrogens (tertiary/aromatic N) is 2. The lowest BCUT2D eigenvalue weighted by Gasteiger charge is -2.20. The predicted octanol–water partition coefficient (Wildman–Crippen LogP) is 1.14. The van der Waals surface area contributed by atoms with Crippen LogP contribution in [0.1, 0.15) is 28.9 Å². The minimum Gasteiger partial charge on any atom is -0.480 e. The number of rotatable bonds is 2. The number of carboxylic acids is 1. The van der Waals surface area contributed by atoms with E-state index < -0.39 is 12.0 Å². The van der Waals surface area contributed by atoms with Crippen molar-refractivity contribution >= 4 is 23.4 Å². The molecule has 16 heavy (non-hydrogen) atoms. The van der Waals surface area contributed by atoms with Crippen LogP contribution in [0.5, 0.6) is 0 Å². The fourth-order valence-electron chi connectivity index (χ4n) is 1.92. The van der Waals surface area contributed by atoms with E-state index in [4.69, 9.17) is 5.11 Å². The van der Waals surface area contributed by atoms with Crippen LogP contribution in [0.15, 0.2) is 5.38 Å². The van der Waals surface area contributed by atoms with E-state index in [1.54, 1.807) is 12.3 Å². The maximum absolute atomic E-state index is 12.1. The molecule has 0 aliphatic carbocycles. The van der Waals surface area contributed by atoms with Gasteiger partial charge in [-0.25, -0.2) is 4.79 Å². The zero-order chi connectivity index (χ0) is 11.7. The van der Waals surface area contributed by atoms with Crippen LogP contribution < -0.4 is 0 Å². The Kier molecular flexibility index (Phi) is 2.91. The number of aryl methyl sites for hydroxylation is 1. The SMILES string of the molecule is Cc1nscc1C(=O)N1CCCC1C(=O)O. The second-order valence-electron chi connectivity index (χ2n) is 3.81. The van der Waals surface area contributed by atoms with Gasteiger partial charge in [0.05, 0.1) is 11.3 Å². The normalized spacial score (nSPS) is 20.1. The average molecular weight is 240 g/mol. The highest BCUT2D eigenvalue weighted by Gasteiger charge is 2.35. The molecule has 0 spiro atoms. The van der Waals surface area contributed by atoms with Gasteiger partial charge < -0.3 is 10.0 Å². The van der Waals surface area contributed by atoms with Crippen molar-refractivity contribution in [1.82, 2.24) is 9.27 Å². The first kappa shape index (κ1) is 11.1. The summed E-state index contributed by atoms with van der Waals surface area (Å²) in [5.74, 6) is -1.14. The summed E-state index contributed by atoms with van der Waals surface area (Å²) in [4.78, 5) is 24.5. The van der Waals surface area contributed by atoms with Gasteiger partial charge in [-0.05, 0) is 31.3 Å². The van der Waals surface area contributed by atoms with Gasteiger partial charge in [0.2, 0.25) is 0 Å². The molecule has 1 aliphatic rings. The summed E-state index contributed by atoms with van der Waals surface area (Å²) in [6.45, 7) is 2.28. The van der Waals surface area contributed by atoms with Crippen LogP contribution in [0, 0.1) is 6.92 Å². The van der Waals surface area contributed by atoms with Gasteiger partial charge in [-0.3, -0.25) is 4.79 Å². The quantitative estimate of drug-likeness (QED) is 0.841. The summed E-state index contributed by atoms with van der Waals surface area (Å²) in [5, 5.41) is 10.7. The van der Waals surface area contributed by atoms with Gasteiger partial charge in [-0.2, -0.15) is 4.37 Å². The first-order valence-corrected chi connectivity index (χ1v) is 5.89. The molecule has 0 saturated carbocycles. The van der Waals surface area contributed by atoms with Gasteiger partial charge in [0, 0.05) is 11.9 Å². The maximum Gasteiger partial charge on any atom is 0.326 e. The molecule has 0 aromatic carbocycles. The lowest BCUT2D eigenvalue weighted by Crippen LogP contribution is -2.40. The number of aliphatic carboxylic acids is 1. The number of hydrogen-bond donors (Lipinski definition) is 1. The average Bonchev–Trinajstić information content (AvgIpc) is 2.84. The van der Waals surface area contributed by atoms with Gasteiger partial charge >= 0.3 is 5.97 Å². The Morgan fingerprint density at radius 2 is 2.38 bits per heavy atom. The second kappa shape index (κ2) is 4.21. The van der Waals surface area contributed by atoms with Crippen molar-refractivity contribution in [2.45, 2.75) is 25.8 Å². The van der Waals surface area contributed by atoms with Crippen molar-refractivity contribution in [2.24, 2.45) is 0 Å². The number of carbonyl (C=O) groups excluding carboxylic acids is 1. The van der Waals surface area contributed by atoms with Crippen molar-refractivity contribution < 1.29 is 14.7 Å². The molecule has 1 fully saturated rings. The molecule has 1 saturated heterocycles. The highest BCUT2D eigenvalue weighted by Crippen LogP contribution is 2.22. The van der Waals surface area contributed by atoms with Crippen molar-refractivity contribution in [2.75, 3.05) is 6.54 Å². The summed E-state index contributed by atoms with van der Waals surface area (Å²) >= 11 is 1.22. The van der Waals surface area contributed by atoms with Crippen LogP contribution in [0.4, 0.5) is 0 Å². The monoisotopic (exact) mass is 240 g/mol. The second-order valence-corrected chi connectivity index (χ2v) is 4.44. The maximum atomic E-state index is 12.1. The predicted molar refractivity (Wildman–Crippen MR) is 58.5 cm³/mol. The van der Waals surface area contributed by atoms with E-state index in [-0.39, 0.29) is 5.91 Å². The largest absolute Gasteiger partial charge is 0.480 e. The standard InChI is InChI=1S/C10H12N2O3S/c1-6-7(5-16-11-6)9(13)12-4-2-3-8(12)10(14)15/h5,8H,2-4H2,1H3,(H,14,15). The lowest BCUT2D eigenvalue weighted by molar-refractivity contribution is -0.141. The van der Waals surface area contributed by atoms with Gasteiger partial charge in [0.15, 0.2) is 0 Å². The van der Waals surface area contributed by atoms with E-state index in [1.807, 2.05) is 0 Å². The van der Waals surface area contributed by atoms with Crippen molar-refractivity contribution in [3.63, 3.8) is 0 Å². The summed E-state index contributed by atoms with van der Waals surface area (Å²) in [5.41, 5.74) is 1.20. The van der Waals surface area contributed by atoms with Crippen LogP contribution >= 0.6 is 11.5 Å². The summed E-state index contributed by atoms with van der Waals surface area (Å²) in [6.07, 6.45) is 1.29. The summed E-state index contributed by atoms with van der Waals surface area (Å²) < 4.78 is 4.03. The third-order valence-corrected chi connectivity index (χ3v) is 3.50. The Bertz CT molecular complexity index is 429. The molecular weight excluding hydrogens is 228 g/mol. The number of carboxylic acid groups (broad SMARTS) is 1. The Morgan fingerprint density at radius 1 is 1.62 bits per heavy atom. The molecule has 5 nitrogen and oxygen atoms in total. The molecule has 6 heteroatoms. The minimum absolute atomic E-state index is 0.212. The van der Waals surface area contributed by atoms with Gasteiger partial charge in [-0.1, -0.05) is 0 Å². The number of amides is 1. The zero-order valence-corrected chi connectivity index (χ0v) is 9.66.